The van der Waals surface area contributed by atoms with Crippen LogP contribution in [0.3, 0.4) is 0 Å². The number of allylic oxidation sites excluding steroid dienone is 2. The molecule has 2 N–H and O–H groups in total. The largest absolute Gasteiger partial charge is 0.378 e. The molecular weight excluding hydrogens is 446 g/mol. The van der Waals surface area contributed by atoms with Crippen molar-refractivity contribution in [3.8, 4) is 0 Å². The van der Waals surface area contributed by atoms with E-state index in [0.717, 1.165) is 28.9 Å². The third-order valence-corrected chi connectivity index (χ3v) is 6.65. The molecule has 0 fully saturated rings. The molecule has 1 aliphatic heterocycles. The summed E-state index contributed by atoms with van der Waals surface area (Å²) in [5.74, 6) is 0.459. The van der Waals surface area contributed by atoms with Gasteiger partial charge >= 0.3 is 0 Å². The quantitative estimate of drug-likeness (QED) is 0.193. The van der Waals surface area contributed by atoms with Crippen molar-refractivity contribution in [2.24, 2.45) is 11.0 Å². The number of nitrogens with zero attached hydrogens (tertiary/aromatic N) is 3. The smallest absolute Gasteiger partial charge is 0.269 e. The van der Waals surface area contributed by atoms with Crippen molar-refractivity contribution in [1.29, 1.82) is 0 Å². The Bertz CT molecular complexity index is 1370. The number of anilines is 2. The molecule has 3 aromatic rings. The molecule has 176 valence electrons. The van der Waals surface area contributed by atoms with Crippen molar-refractivity contribution in [2.45, 2.75) is 25.3 Å². The van der Waals surface area contributed by atoms with Crippen molar-refractivity contribution in [3.05, 3.63) is 116 Å². The first kappa shape index (κ1) is 22.3. The lowest BCUT2D eigenvalue weighted by molar-refractivity contribution is -0.385. The van der Waals surface area contributed by atoms with Crippen LogP contribution in [0.5, 0.6) is 0 Å². The molecule has 9 heteroatoms. The predicted octanol–water partition coefficient (Wildman–Crippen LogP) is 6.17. The summed E-state index contributed by atoms with van der Waals surface area (Å²) in [5.41, 5.74) is 8.59. The molecular formula is C26H23N5O4. The zero-order valence-corrected chi connectivity index (χ0v) is 18.9. The maximum absolute atomic E-state index is 11.3. The third-order valence-electron chi connectivity index (χ3n) is 6.65. The molecule has 3 atom stereocenters. The number of benzene rings is 3. The number of hydrazone groups is 1. The van der Waals surface area contributed by atoms with Gasteiger partial charge in [-0.15, -0.1) is 0 Å². The lowest BCUT2D eigenvalue weighted by atomic mass is 9.76. The topological polar surface area (TPSA) is 123 Å². The van der Waals surface area contributed by atoms with E-state index in [-0.39, 0.29) is 34.2 Å². The standard InChI is InChI=1S/C26H23N5O4/c1-16(28-29-19-9-11-20(12-10-19)30(32)33)17-8-13-25-24(15-17)22-6-3-7-23(22)26(27-25)18-4-2-5-21(14-18)31(34)35/h2-6,8-15,22-23,26-27,29H,7H2,1H3/b28-16+/t22-,23+,26+/m1/s1. The van der Waals surface area contributed by atoms with Gasteiger partial charge in [0.05, 0.1) is 27.3 Å². The lowest BCUT2D eigenvalue weighted by Crippen LogP contribution is -2.29. The monoisotopic (exact) mass is 469 g/mol. The van der Waals surface area contributed by atoms with Crippen LogP contribution < -0.4 is 10.7 Å². The van der Waals surface area contributed by atoms with Crippen LogP contribution in [0.15, 0.2) is 84.0 Å². The van der Waals surface area contributed by atoms with Crippen molar-refractivity contribution >= 4 is 28.5 Å². The van der Waals surface area contributed by atoms with E-state index >= 15 is 0 Å². The van der Waals surface area contributed by atoms with Crippen LogP contribution in [0.4, 0.5) is 22.7 Å². The summed E-state index contributed by atoms with van der Waals surface area (Å²) in [6, 6.07) is 19.1. The van der Waals surface area contributed by atoms with Gasteiger partial charge in [0, 0.05) is 35.9 Å². The molecule has 0 unspecified atom stereocenters. The lowest BCUT2D eigenvalue weighted by Gasteiger charge is -2.37. The molecule has 0 bridgehead atoms. The molecule has 0 saturated carbocycles. The van der Waals surface area contributed by atoms with Gasteiger partial charge in [-0.25, -0.2) is 0 Å². The van der Waals surface area contributed by atoms with E-state index < -0.39 is 4.92 Å². The zero-order chi connectivity index (χ0) is 24.5. The number of rotatable bonds is 6. The Morgan fingerprint density at radius 2 is 1.77 bits per heavy atom. The Balaban J connectivity index is 1.39. The summed E-state index contributed by atoms with van der Waals surface area (Å²) in [4.78, 5) is 21.3. The first-order chi connectivity index (χ1) is 16.9. The Kier molecular flexibility index (Phi) is 5.74. The second-order valence-electron chi connectivity index (χ2n) is 8.74. The molecule has 0 saturated heterocycles. The summed E-state index contributed by atoms with van der Waals surface area (Å²) in [6.45, 7) is 1.91. The highest BCUT2D eigenvalue weighted by Crippen LogP contribution is 2.50. The fourth-order valence-electron chi connectivity index (χ4n) is 4.85. The third kappa shape index (κ3) is 4.35. The van der Waals surface area contributed by atoms with E-state index in [9.17, 15) is 20.2 Å². The molecule has 35 heavy (non-hydrogen) atoms. The van der Waals surface area contributed by atoms with E-state index in [0.29, 0.717) is 5.69 Å². The van der Waals surface area contributed by atoms with E-state index in [1.54, 1.807) is 24.3 Å². The summed E-state index contributed by atoms with van der Waals surface area (Å²) >= 11 is 0. The van der Waals surface area contributed by atoms with Crippen LogP contribution in [0.2, 0.25) is 0 Å². The van der Waals surface area contributed by atoms with Crippen molar-refractivity contribution in [1.82, 2.24) is 0 Å². The summed E-state index contributed by atoms with van der Waals surface area (Å²) in [7, 11) is 0. The minimum absolute atomic E-state index is 0.0215. The van der Waals surface area contributed by atoms with Crippen LogP contribution in [0, 0.1) is 26.1 Å². The van der Waals surface area contributed by atoms with Crippen LogP contribution in [0.1, 0.15) is 42.0 Å². The van der Waals surface area contributed by atoms with E-state index in [1.165, 1.54) is 23.8 Å². The van der Waals surface area contributed by atoms with Gasteiger partial charge in [-0.3, -0.25) is 25.7 Å². The number of hydrogen-bond acceptors (Lipinski definition) is 7. The molecule has 0 radical (unpaired) electrons. The molecule has 1 heterocycles. The molecule has 0 aromatic heterocycles. The van der Waals surface area contributed by atoms with E-state index in [4.69, 9.17) is 0 Å². The van der Waals surface area contributed by atoms with Gasteiger partial charge in [-0.05, 0) is 60.2 Å². The average molecular weight is 470 g/mol. The van der Waals surface area contributed by atoms with Crippen LogP contribution in [-0.2, 0) is 0 Å². The van der Waals surface area contributed by atoms with Crippen LogP contribution in [-0.4, -0.2) is 15.6 Å². The van der Waals surface area contributed by atoms with Crippen molar-refractivity contribution < 1.29 is 9.85 Å². The normalized spacial score (nSPS) is 20.5. The fraction of sp³-hybridized carbons (Fsp3) is 0.192. The molecule has 2 aliphatic rings. The van der Waals surface area contributed by atoms with Gasteiger partial charge < -0.3 is 5.32 Å². The first-order valence-corrected chi connectivity index (χ1v) is 11.3. The Hall–Kier alpha value is -4.53. The Morgan fingerprint density at radius 3 is 2.51 bits per heavy atom. The Labute approximate surface area is 201 Å². The first-order valence-electron chi connectivity index (χ1n) is 11.3. The van der Waals surface area contributed by atoms with Crippen molar-refractivity contribution in [2.75, 3.05) is 10.7 Å². The SMILES string of the molecule is C/C(=N\Nc1ccc([N+](=O)[O-])cc1)c1ccc2c(c1)[C@@H]1C=CC[C@@H]1[C@H](c1cccc([N+](=O)[O-])c1)N2. The highest BCUT2D eigenvalue weighted by Gasteiger charge is 2.38. The number of hydrogen-bond donors (Lipinski definition) is 2. The van der Waals surface area contributed by atoms with E-state index in [2.05, 4.69) is 34.1 Å². The molecule has 5 rings (SSSR count). The maximum Gasteiger partial charge on any atom is 0.269 e. The summed E-state index contributed by atoms with van der Waals surface area (Å²) in [6.07, 6.45) is 5.30. The second kappa shape index (κ2) is 9.02. The van der Waals surface area contributed by atoms with Gasteiger partial charge in [0.25, 0.3) is 11.4 Å². The van der Waals surface area contributed by atoms with Gasteiger partial charge in [-0.2, -0.15) is 5.10 Å². The Morgan fingerprint density at radius 1 is 1.00 bits per heavy atom. The van der Waals surface area contributed by atoms with Crippen LogP contribution >= 0.6 is 0 Å². The number of fused-ring (bicyclic) bond motifs is 3. The number of nitro benzene ring substituents is 2. The van der Waals surface area contributed by atoms with Crippen molar-refractivity contribution in [3.63, 3.8) is 0 Å². The van der Waals surface area contributed by atoms with Gasteiger partial charge in [0.1, 0.15) is 0 Å². The van der Waals surface area contributed by atoms with Gasteiger partial charge in [0.15, 0.2) is 0 Å². The molecule has 3 aromatic carbocycles. The van der Waals surface area contributed by atoms with E-state index in [1.807, 2.05) is 25.1 Å². The minimum Gasteiger partial charge on any atom is -0.378 e. The van der Waals surface area contributed by atoms with Crippen LogP contribution in [0.25, 0.3) is 0 Å². The number of nitrogens with one attached hydrogen (secondary N) is 2. The molecule has 1 aliphatic carbocycles. The highest BCUT2D eigenvalue weighted by molar-refractivity contribution is 5.99. The zero-order valence-electron chi connectivity index (χ0n) is 18.9. The summed E-state index contributed by atoms with van der Waals surface area (Å²) < 4.78 is 0. The highest BCUT2D eigenvalue weighted by atomic mass is 16.6. The second-order valence-corrected chi connectivity index (χ2v) is 8.74. The molecule has 9 nitrogen and oxygen atoms in total. The maximum atomic E-state index is 11.3. The summed E-state index contributed by atoms with van der Waals surface area (Å²) in [5, 5.41) is 30.2. The predicted molar refractivity (Wildman–Crippen MR) is 135 cm³/mol. The molecule has 0 amide bonds. The molecule has 0 spiro atoms. The average Bonchev–Trinajstić information content (AvgIpc) is 3.37. The minimum atomic E-state index is -0.437. The number of nitro groups is 2. The van der Waals surface area contributed by atoms with Gasteiger partial charge in [-0.1, -0.05) is 30.4 Å². The number of non-ortho nitro benzene ring substituents is 2. The van der Waals surface area contributed by atoms with Gasteiger partial charge in [0.2, 0.25) is 0 Å². The fourth-order valence-corrected chi connectivity index (χ4v) is 4.85.